The molecule has 2 aliphatic rings. The summed E-state index contributed by atoms with van der Waals surface area (Å²) in [6.45, 7) is 11.5. The van der Waals surface area contributed by atoms with Crippen molar-refractivity contribution < 1.29 is 4.79 Å². The Bertz CT molecular complexity index is 1450. The summed E-state index contributed by atoms with van der Waals surface area (Å²) in [5.41, 5.74) is 12.8. The van der Waals surface area contributed by atoms with Gasteiger partial charge in [-0.2, -0.15) is 5.10 Å². The maximum absolute atomic E-state index is 11.4. The topological polar surface area (TPSA) is 92.3 Å². The number of hydrogen-bond donors (Lipinski definition) is 2. The van der Waals surface area contributed by atoms with Gasteiger partial charge in [-0.1, -0.05) is 13.8 Å². The number of aryl methyl sites for hydroxylation is 2. The molecule has 7 nitrogen and oxygen atoms in total. The molecule has 3 atom stereocenters. The average molecular weight is 505 g/mol. The number of fused-ring (bicyclic) bond motifs is 3. The highest BCUT2D eigenvalue weighted by atomic mass is 32.1. The van der Waals surface area contributed by atoms with Crippen molar-refractivity contribution in [1.82, 2.24) is 24.5 Å². The van der Waals surface area contributed by atoms with Crippen LogP contribution in [-0.4, -0.2) is 50.0 Å². The molecule has 4 aromatic rings. The van der Waals surface area contributed by atoms with E-state index in [1.165, 1.54) is 58.3 Å². The van der Waals surface area contributed by atoms with Gasteiger partial charge in [0.25, 0.3) is 0 Å². The fourth-order valence-electron chi connectivity index (χ4n) is 6.97. The molecule has 190 valence electrons. The second-order valence-electron chi connectivity index (χ2n) is 11.3. The fraction of sp³-hybridized carbons (Fsp3) is 0.536. The Balaban J connectivity index is 1.32. The van der Waals surface area contributed by atoms with Gasteiger partial charge in [0, 0.05) is 28.6 Å². The smallest absolute Gasteiger partial charge is 0.231 e. The van der Waals surface area contributed by atoms with Crippen LogP contribution in [0, 0.1) is 25.7 Å². The van der Waals surface area contributed by atoms with Gasteiger partial charge in [0.1, 0.15) is 11.2 Å². The molecule has 1 aliphatic heterocycles. The van der Waals surface area contributed by atoms with E-state index < -0.39 is 0 Å². The monoisotopic (exact) mass is 504 g/mol. The van der Waals surface area contributed by atoms with E-state index >= 15 is 0 Å². The van der Waals surface area contributed by atoms with Crippen LogP contribution < -0.4 is 5.73 Å². The lowest BCUT2D eigenvalue weighted by atomic mass is 9.70. The van der Waals surface area contributed by atoms with E-state index in [4.69, 9.17) is 5.73 Å². The van der Waals surface area contributed by atoms with Crippen LogP contribution in [0.4, 0.5) is 0 Å². The van der Waals surface area contributed by atoms with Crippen molar-refractivity contribution in [2.24, 2.45) is 17.6 Å². The average Bonchev–Trinajstić information content (AvgIpc) is 3.53. The number of likely N-dealkylation sites (tertiary alicyclic amines) is 1. The molecule has 6 rings (SSSR count). The van der Waals surface area contributed by atoms with Crippen molar-refractivity contribution in [1.29, 1.82) is 0 Å². The number of carbonyl (C=O) groups excluding carboxylic acids is 1. The van der Waals surface area contributed by atoms with Crippen molar-refractivity contribution in [2.45, 2.75) is 65.2 Å². The number of primary amides is 1. The molecule has 1 saturated carbocycles. The molecule has 0 aromatic carbocycles. The molecule has 2 fully saturated rings. The first-order chi connectivity index (χ1) is 17.3. The molecule has 0 radical (unpaired) electrons. The predicted molar refractivity (Wildman–Crippen MR) is 146 cm³/mol. The number of nitrogens with one attached hydrogen (secondary N) is 1. The summed E-state index contributed by atoms with van der Waals surface area (Å²) in [5, 5.41) is 5.82. The van der Waals surface area contributed by atoms with E-state index in [1.54, 1.807) is 11.2 Å². The lowest BCUT2D eigenvalue weighted by molar-refractivity contribution is -0.119. The number of aromatic amines is 1. The zero-order valence-electron chi connectivity index (χ0n) is 21.7. The molecule has 1 aliphatic carbocycles. The minimum atomic E-state index is -0.205. The maximum atomic E-state index is 11.4. The Kier molecular flexibility index (Phi) is 5.91. The van der Waals surface area contributed by atoms with Gasteiger partial charge in [-0.25, -0.2) is 9.50 Å². The Morgan fingerprint density at radius 3 is 2.86 bits per heavy atom. The minimum absolute atomic E-state index is 0.205. The Morgan fingerprint density at radius 1 is 1.25 bits per heavy atom. The second kappa shape index (κ2) is 8.99. The number of hydrogen-bond acceptors (Lipinski definition) is 5. The summed E-state index contributed by atoms with van der Waals surface area (Å²) >= 11 is 1.97. The molecular formula is C28H36N6OS. The van der Waals surface area contributed by atoms with Crippen LogP contribution in [0.1, 0.15) is 72.9 Å². The molecule has 3 unspecified atom stereocenters. The Morgan fingerprint density at radius 2 is 2.08 bits per heavy atom. The molecule has 5 heterocycles. The number of nitrogens with zero attached hydrogens (tertiary/aromatic N) is 4. The number of thiophene rings is 1. The van der Waals surface area contributed by atoms with E-state index in [9.17, 15) is 4.79 Å². The highest BCUT2D eigenvalue weighted by molar-refractivity contribution is 7.19. The SMILES string of the molecule is Cc1c(C2CCC3CN(CC(N)=O)CCC3C2)sc2[nH]c(-c3cc(C)c4ncnn4c3)c(C(C)C)c12. The molecule has 1 amide bonds. The van der Waals surface area contributed by atoms with E-state index in [2.05, 4.69) is 59.9 Å². The summed E-state index contributed by atoms with van der Waals surface area (Å²) < 4.78 is 1.88. The van der Waals surface area contributed by atoms with Crippen molar-refractivity contribution in [3.05, 3.63) is 40.2 Å². The summed E-state index contributed by atoms with van der Waals surface area (Å²) in [6, 6.07) is 2.23. The highest BCUT2D eigenvalue weighted by Gasteiger charge is 2.37. The van der Waals surface area contributed by atoms with Gasteiger partial charge in [-0.15, -0.1) is 11.3 Å². The molecule has 36 heavy (non-hydrogen) atoms. The number of nitrogens with two attached hydrogens (primary N) is 1. The van der Waals surface area contributed by atoms with Crippen molar-refractivity contribution in [3.63, 3.8) is 0 Å². The van der Waals surface area contributed by atoms with Crippen molar-refractivity contribution in [2.75, 3.05) is 19.6 Å². The predicted octanol–water partition coefficient (Wildman–Crippen LogP) is 5.37. The number of aromatic nitrogens is 4. The number of piperidine rings is 1. The standard InChI is InChI=1S/C28H36N6OS/c1-15(2)23-24-17(4)26(19-5-6-20-11-33(13-22(29)35)8-7-18(20)10-19)36-28(24)32-25(23)21-9-16(3)27-30-14-31-34(27)12-21/h9,12,14-15,18-20,32H,5-8,10-11,13H2,1-4H3,(H2,29,35). The summed E-state index contributed by atoms with van der Waals surface area (Å²) in [6.07, 6.45) is 8.65. The highest BCUT2D eigenvalue weighted by Crippen LogP contribution is 2.49. The van der Waals surface area contributed by atoms with Crippen molar-refractivity contribution >= 4 is 33.1 Å². The van der Waals surface area contributed by atoms with E-state index in [0.29, 0.717) is 24.3 Å². The first-order valence-corrected chi connectivity index (χ1v) is 14.1. The normalized spacial score (nSPS) is 23.1. The summed E-state index contributed by atoms with van der Waals surface area (Å²) in [7, 11) is 0. The number of pyridine rings is 1. The van der Waals surface area contributed by atoms with E-state index in [0.717, 1.165) is 30.2 Å². The number of H-pyrrole nitrogens is 1. The third kappa shape index (κ3) is 3.95. The lowest BCUT2D eigenvalue weighted by Gasteiger charge is -2.43. The van der Waals surface area contributed by atoms with Gasteiger partial charge >= 0.3 is 0 Å². The fourth-order valence-corrected chi connectivity index (χ4v) is 8.34. The Labute approximate surface area is 216 Å². The van der Waals surface area contributed by atoms with Gasteiger partial charge < -0.3 is 10.7 Å². The molecule has 4 aromatic heterocycles. The Hall–Kier alpha value is -2.71. The van der Waals surface area contributed by atoms with Crippen LogP contribution in [-0.2, 0) is 4.79 Å². The quantitative estimate of drug-likeness (QED) is 0.382. The first-order valence-electron chi connectivity index (χ1n) is 13.3. The van der Waals surface area contributed by atoms with Crippen LogP contribution in [0.25, 0.3) is 27.1 Å². The van der Waals surface area contributed by atoms with Crippen LogP contribution >= 0.6 is 11.3 Å². The van der Waals surface area contributed by atoms with Crippen molar-refractivity contribution in [3.8, 4) is 11.3 Å². The maximum Gasteiger partial charge on any atom is 0.231 e. The van der Waals surface area contributed by atoms with Gasteiger partial charge in [0.05, 0.1) is 12.2 Å². The van der Waals surface area contributed by atoms with Gasteiger partial charge in [0.2, 0.25) is 5.91 Å². The minimum Gasteiger partial charge on any atom is -0.369 e. The van der Waals surface area contributed by atoms with Gasteiger partial charge in [-0.05, 0) is 92.5 Å². The van der Waals surface area contributed by atoms with Crippen LogP contribution in [0.5, 0.6) is 0 Å². The van der Waals surface area contributed by atoms with E-state index in [-0.39, 0.29) is 5.91 Å². The number of amides is 1. The van der Waals surface area contributed by atoms with Crippen LogP contribution in [0.2, 0.25) is 0 Å². The lowest BCUT2D eigenvalue weighted by Crippen LogP contribution is -2.45. The molecular weight excluding hydrogens is 468 g/mol. The molecule has 0 bridgehead atoms. The number of carbonyl (C=O) groups is 1. The van der Waals surface area contributed by atoms with Crippen LogP contribution in [0.3, 0.4) is 0 Å². The second-order valence-corrected chi connectivity index (χ2v) is 12.4. The third-order valence-electron chi connectivity index (χ3n) is 8.58. The van der Waals surface area contributed by atoms with E-state index in [1.807, 2.05) is 15.9 Å². The summed E-state index contributed by atoms with van der Waals surface area (Å²) in [5.74, 6) is 2.30. The van der Waals surface area contributed by atoms with Gasteiger partial charge in [0.15, 0.2) is 5.65 Å². The third-order valence-corrected chi connectivity index (χ3v) is 9.95. The zero-order valence-corrected chi connectivity index (χ0v) is 22.5. The summed E-state index contributed by atoms with van der Waals surface area (Å²) in [4.78, 5) is 24.7. The largest absolute Gasteiger partial charge is 0.369 e. The molecule has 0 spiro atoms. The van der Waals surface area contributed by atoms with Gasteiger partial charge in [-0.3, -0.25) is 9.69 Å². The molecule has 1 saturated heterocycles. The number of rotatable bonds is 5. The van der Waals surface area contributed by atoms with Crippen LogP contribution in [0.15, 0.2) is 18.6 Å². The first kappa shape index (κ1) is 23.7. The molecule has 3 N–H and O–H groups in total. The molecule has 8 heteroatoms. The zero-order chi connectivity index (χ0) is 25.1.